The van der Waals surface area contributed by atoms with E-state index < -0.39 is 0 Å². The van der Waals surface area contributed by atoms with Crippen LogP contribution in [0, 0.1) is 0 Å². The predicted octanol–water partition coefficient (Wildman–Crippen LogP) is 1.60. The van der Waals surface area contributed by atoms with Crippen molar-refractivity contribution in [1.82, 2.24) is 10.7 Å². The van der Waals surface area contributed by atoms with Gasteiger partial charge in [0.05, 0.1) is 6.21 Å². The lowest BCUT2D eigenvalue weighted by Gasteiger charge is -1.96. The van der Waals surface area contributed by atoms with Gasteiger partial charge in [-0.1, -0.05) is 23.7 Å². The molecule has 0 atom stereocenters. The Hall–Kier alpha value is -1.55. The average molecular weight is 212 g/mol. The van der Waals surface area contributed by atoms with Gasteiger partial charge in [0.1, 0.15) is 0 Å². The second-order valence-corrected chi connectivity index (χ2v) is 2.94. The van der Waals surface area contributed by atoms with E-state index in [1.807, 2.05) is 0 Å². The van der Waals surface area contributed by atoms with E-state index in [1.54, 1.807) is 24.3 Å². The third-order valence-corrected chi connectivity index (χ3v) is 1.73. The molecule has 0 saturated heterocycles. The fourth-order valence-electron chi connectivity index (χ4n) is 0.770. The maximum Gasteiger partial charge on any atom is 0.334 e. The van der Waals surface area contributed by atoms with Crippen molar-refractivity contribution in [2.45, 2.75) is 0 Å². The van der Waals surface area contributed by atoms with E-state index in [0.29, 0.717) is 5.02 Å². The molecule has 0 aliphatic rings. The summed E-state index contributed by atoms with van der Waals surface area (Å²) in [4.78, 5) is 10.7. The van der Waals surface area contributed by atoms with Crippen LogP contribution in [0.25, 0.3) is 0 Å². The lowest BCUT2D eigenvalue weighted by Crippen LogP contribution is -2.28. The first-order valence-corrected chi connectivity index (χ1v) is 4.36. The topological polar surface area (TPSA) is 53.5 Å². The number of nitrogens with zero attached hydrogens (tertiary/aromatic N) is 1. The zero-order chi connectivity index (χ0) is 10.4. The highest BCUT2D eigenvalue weighted by Crippen LogP contribution is 2.07. The lowest BCUT2D eigenvalue weighted by molar-refractivity contribution is 0.243. The van der Waals surface area contributed by atoms with Gasteiger partial charge < -0.3 is 5.32 Å². The summed E-state index contributed by atoms with van der Waals surface area (Å²) in [5.41, 5.74) is 3.15. The van der Waals surface area contributed by atoms with E-state index in [2.05, 4.69) is 15.8 Å². The Balaban J connectivity index is 2.52. The number of hydrazone groups is 1. The van der Waals surface area contributed by atoms with Gasteiger partial charge in [0.25, 0.3) is 0 Å². The molecule has 74 valence electrons. The van der Waals surface area contributed by atoms with Crippen molar-refractivity contribution in [3.05, 3.63) is 34.9 Å². The molecule has 2 amide bonds. The molecule has 0 heterocycles. The fourth-order valence-corrected chi connectivity index (χ4v) is 0.896. The molecule has 1 aromatic rings. The van der Waals surface area contributed by atoms with Gasteiger partial charge in [-0.15, -0.1) is 0 Å². The first-order valence-electron chi connectivity index (χ1n) is 3.98. The predicted molar refractivity (Wildman–Crippen MR) is 56.6 cm³/mol. The molecule has 0 spiro atoms. The molecule has 5 heteroatoms. The van der Waals surface area contributed by atoms with Crippen LogP contribution in [-0.2, 0) is 0 Å². The van der Waals surface area contributed by atoms with Crippen LogP contribution in [0.1, 0.15) is 5.56 Å². The molecule has 0 bridgehead atoms. The molecule has 0 aliphatic carbocycles. The van der Waals surface area contributed by atoms with E-state index in [0.717, 1.165) is 5.56 Å². The Kier molecular flexibility index (Phi) is 3.94. The minimum atomic E-state index is -0.352. The number of nitrogens with one attached hydrogen (secondary N) is 2. The molecular weight excluding hydrogens is 202 g/mol. The third kappa shape index (κ3) is 3.45. The standard InChI is InChI=1S/C9H10ClN3O/c1-11-9(14)13-12-6-7-2-4-8(10)5-3-7/h2-6H,1H3,(H2,11,13,14)/b12-6+. The van der Waals surface area contributed by atoms with E-state index in [4.69, 9.17) is 11.6 Å². The molecule has 0 aromatic heterocycles. The summed E-state index contributed by atoms with van der Waals surface area (Å²) in [6, 6.07) is 6.76. The smallest absolute Gasteiger partial charge is 0.334 e. The van der Waals surface area contributed by atoms with Gasteiger partial charge in [0.2, 0.25) is 0 Å². The highest BCUT2D eigenvalue weighted by atomic mass is 35.5. The van der Waals surface area contributed by atoms with Crippen LogP contribution in [0.4, 0.5) is 4.79 Å². The molecule has 0 aliphatic heterocycles. The van der Waals surface area contributed by atoms with Crippen molar-refractivity contribution < 1.29 is 4.79 Å². The van der Waals surface area contributed by atoms with Crippen molar-refractivity contribution in [3.8, 4) is 0 Å². The van der Waals surface area contributed by atoms with Crippen molar-refractivity contribution in [3.63, 3.8) is 0 Å². The van der Waals surface area contributed by atoms with Gasteiger partial charge in [-0.25, -0.2) is 10.2 Å². The highest BCUT2D eigenvalue weighted by molar-refractivity contribution is 6.30. The Morgan fingerprint density at radius 1 is 1.43 bits per heavy atom. The van der Waals surface area contributed by atoms with Gasteiger partial charge in [0, 0.05) is 12.1 Å². The largest absolute Gasteiger partial charge is 0.340 e. The Morgan fingerprint density at radius 3 is 2.64 bits per heavy atom. The Labute approximate surface area is 87.0 Å². The van der Waals surface area contributed by atoms with E-state index >= 15 is 0 Å². The van der Waals surface area contributed by atoms with E-state index in [-0.39, 0.29) is 6.03 Å². The second kappa shape index (κ2) is 5.24. The SMILES string of the molecule is CNC(=O)N/N=C/c1ccc(Cl)cc1. The van der Waals surface area contributed by atoms with Crippen molar-refractivity contribution in [2.75, 3.05) is 7.05 Å². The molecule has 14 heavy (non-hydrogen) atoms. The number of carbonyl (C=O) groups excluding carboxylic acids is 1. The number of carbonyl (C=O) groups is 1. The molecule has 1 rings (SSSR count). The number of hydrogen-bond donors (Lipinski definition) is 2. The number of halogens is 1. The summed E-state index contributed by atoms with van der Waals surface area (Å²) >= 11 is 5.69. The van der Waals surface area contributed by atoms with Crippen molar-refractivity contribution >= 4 is 23.8 Å². The minimum absolute atomic E-state index is 0.352. The maximum absolute atomic E-state index is 10.7. The van der Waals surface area contributed by atoms with E-state index in [9.17, 15) is 4.79 Å². The van der Waals surface area contributed by atoms with Crippen LogP contribution >= 0.6 is 11.6 Å². The number of amides is 2. The number of rotatable bonds is 2. The van der Waals surface area contributed by atoms with Gasteiger partial charge in [-0.05, 0) is 17.7 Å². The number of hydrogen-bond acceptors (Lipinski definition) is 2. The molecule has 0 saturated carbocycles. The molecule has 1 aromatic carbocycles. The minimum Gasteiger partial charge on any atom is -0.340 e. The molecule has 0 unspecified atom stereocenters. The molecule has 4 nitrogen and oxygen atoms in total. The quantitative estimate of drug-likeness (QED) is 0.567. The summed E-state index contributed by atoms with van der Waals surface area (Å²) in [5.74, 6) is 0. The monoisotopic (exact) mass is 211 g/mol. The highest BCUT2D eigenvalue weighted by Gasteiger charge is 1.90. The van der Waals surface area contributed by atoms with Gasteiger partial charge >= 0.3 is 6.03 Å². The summed E-state index contributed by atoms with van der Waals surface area (Å²) in [7, 11) is 1.52. The molecule has 0 radical (unpaired) electrons. The second-order valence-electron chi connectivity index (χ2n) is 2.50. The molecule has 0 fully saturated rings. The third-order valence-electron chi connectivity index (χ3n) is 1.48. The zero-order valence-corrected chi connectivity index (χ0v) is 8.38. The van der Waals surface area contributed by atoms with Crippen LogP contribution in [0.3, 0.4) is 0 Å². The first-order chi connectivity index (χ1) is 6.72. The van der Waals surface area contributed by atoms with Crippen LogP contribution in [-0.4, -0.2) is 19.3 Å². The maximum atomic E-state index is 10.7. The van der Waals surface area contributed by atoms with Crippen molar-refractivity contribution in [2.24, 2.45) is 5.10 Å². The average Bonchev–Trinajstić information content (AvgIpc) is 2.21. The normalized spacial score (nSPS) is 10.1. The number of urea groups is 1. The lowest BCUT2D eigenvalue weighted by atomic mass is 10.2. The molecular formula is C9H10ClN3O. The summed E-state index contributed by atoms with van der Waals surface area (Å²) in [6.07, 6.45) is 1.53. The van der Waals surface area contributed by atoms with Gasteiger partial charge in [-0.3, -0.25) is 0 Å². The van der Waals surface area contributed by atoms with Gasteiger partial charge in [-0.2, -0.15) is 5.10 Å². The molecule has 2 N–H and O–H groups in total. The summed E-state index contributed by atoms with van der Waals surface area (Å²) < 4.78 is 0. The Morgan fingerprint density at radius 2 is 2.07 bits per heavy atom. The van der Waals surface area contributed by atoms with Crippen LogP contribution in [0.5, 0.6) is 0 Å². The van der Waals surface area contributed by atoms with E-state index in [1.165, 1.54) is 13.3 Å². The van der Waals surface area contributed by atoms with Crippen LogP contribution in [0.15, 0.2) is 29.4 Å². The number of benzene rings is 1. The zero-order valence-electron chi connectivity index (χ0n) is 7.62. The fraction of sp³-hybridized carbons (Fsp3) is 0.111. The van der Waals surface area contributed by atoms with Crippen molar-refractivity contribution in [1.29, 1.82) is 0 Å². The first kappa shape index (κ1) is 10.5. The summed E-state index contributed by atoms with van der Waals surface area (Å²) in [6.45, 7) is 0. The summed E-state index contributed by atoms with van der Waals surface area (Å²) in [5, 5.41) is 6.76. The van der Waals surface area contributed by atoms with Crippen LogP contribution in [0.2, 0.25) is 5.02 Å². The van der Waals surface area contributed by atoms with Gasteiger partial charge in [0.15, 0.2) is 0 Å². The van der Waals surface area contributed by atoms with Crippen LogP contribution < -0.4 is 10.7 Å². The Bertz CT molecular complexity index is 334.